The first kappa shape index (κ1) is 12.0. The quantitative estimate of drug-likeness (QED) is 0.449. The van der Waals surface area contributed by atoms with Crippen molar-refractivity contribution in [2.45, 2.75) is 32.2 Å². The number of hydrogen-bond acceptors (Lipinski definition) is 2. The molecule has 1 atom stereocenters. The lowest BCUT2D eigenvalue weighted by molar-refractivity contribution is 0.385. The predicted molar refractivity (Wildman–Crippen MR) is 65.4 cm³/mol. The maximum atomic E-state index is 5.59. The maximum absolute atomic E-state index is 5.59. The number of rotatable bonds is 4. The molecule has 82 valence electrons. The van der Waals surface area contributed by atoms with E-state index in [1.807, 2.05) is 25.1 Å². The Morgan fingerprint density at radius 2 is 1.87 bits per heavy atom. The van der Waals surface area contributed by atoms with Crippen LogP contribution in [0.2, 0.25) is 0 Å². The minimum atomic E-state index is -0.0537. The summed E-state index contributed by atoms with van der Waals surface area (Å²) in [7, 11) is 0. The Labute approximate surface area is 92.2 Å². The summed E-state index contributed by atoms with van der Waals surface area (Å²) in [6.45, 7) is 10.3. The molecule has 0 fully saturated rings. The fraction of sp³-hybridized carbons (Fsp3) is 0.385. The van der Waals surface area contributed by atoms with Crippen molar-refractivity contribution in [2.24, 2.45) is 5.84 Å². The van der Waals surface area contributed by atoms with Gasteiger partial charge in [-0.2, -0.15) is 0 Å². The zero-order valence-corrected chi connectivity index (χ0v) is 9.75. The summed E-state index contributed by atoms with van der Waals surface area (Å²) < 4.78 is 0. The third-order valence-corrected chi connectivity index (χ3v) is 2.90. The lowest BCUT2D eigenvalue weighted by atomic mass is 9.75. The average Bonchev–Trinajstić information content (AvgIpc) is 2.19. The molecule has 1 unspecified atom stereocenters. The minimum absolute atomic E-state index is 0.0537. The number of hydrazine groups is 1. The van der Waals surface area contributed by atoms with E-state index >= 15 is 0 Å². The molecule has 0 saturated heterocycles. The van der Waals surface area contributed by atoms with Gasteiger partial charge in [0.1, 0.15) is 0 Å². The monoisotopic (exact) mass is 204 g/mol. The molecular formula is C13H20N2. The van der Waals surface area contributed by atoms with E-state index < -0.39 is 0 Å². The summed E-state index contributed by atoms with van der Waals surface area (Å²) in [5, 5.41) is 0. The summed E-state index contributed by atoms with van der Waals surface area (Å²) in [6.07, 6.45) is 0. The van der Waals surface area contributed by atoms with Gasteiger partial charge >= 0.3 is 0 Å². The van der Waals surface area contributed by atoms with Gasteiger partial charge in [0, 0.05) is 5.41 Å². The van der Waals surface area contributed by atoms with Gasteiger partial charge in [0.15, 0.2) is 0 Å². The Bertz CT molecular complexity index is 328. The van der Waals surface area contributed by atoms with Gasteiger partial charge in [-0.3, -0.25) is 11.3 Å². The standard InChI is InChI=1S/C13H20N2/c1-10(2)12(15-14)13(3,4)11-8-6-5-7-9-11/h5-9,12,15H,1,14H2,2-4H3. The predicted octanol–water partition coefficient (Wildman–Crippen LogP) is 2.37. The van der Waals surface area contributed by atoms with E-state index in [1.54, 1.807) is 0 Å². The molecule has 0 spiro atoms. The molecule has 0 aromatic heterocycles. The van der Waals surface area contributed by atoms with Crippen molar-refractivity contribution < 1.29 is 0 Å². The van der Waals surface area contributed by atoms with Crippen molar-refractivity contribution in [3.63, 3.8) is 0 Å². The van der Waals surface area contributed by atoms with Crippen LogP contribution in [0.25, 0.3) is 0 Å². The van der Waals surface area contributed by atoms with Crippen LogP contribution in [0.15, 0.2) is 42.5 Å². The van der Waals surface area contributed by atoms with Gasteiger partial charge in [-0.1, -0.05) is 56.3 Å². The molecule has 2 nitrogen and oxygen atoms in total. The van der Waals surface area contributed by atoms with E-state index in [1.165, 1.54) is 5.56 Å². The minimum Gasteiger partial charge on any atom is -0.271 e. The highest BCUT2D eigenvalue weighted by Crippen LogP contribution is 2.29. The smallest absolute Gasteiger partial charge is 0.0505 e. The van der Waals surface area contributed by atoms with Gasteiger partial charge in [0.05, 0.1) is 6.04 Å². The second kappa shape index (κ2) is 4.60. The highest BCUT2D eigenvalue weighted by Gasteiger charge is 2.30. The van der Waals surface area contributed by atoms with Crippen molar-refractivity contribution in [3.8, 4) is 0 Å². The van der Waals surface area contributed by atoms with Crippen LogP contribution in [0, 0.1) is 0 Å². The van der Waals surface area contributed by atoms with E-state index in [9.17, 15) is 0 Å². The van der Waals surface area contributed by atoms with E-state index in [4.69, 9.17) is 5.84 Å². The first-order valence-corrected chi connectivity index (χ1v) is 5.17. The topological polar surface area (TPSA) is 38.0 Å². The second-order valence-electron chi connectivity index (χ2n) is 4.53. The summed E-state index contributed by atoms with van der Waals surface area (Å²) in [5.74, 6) is 5.59. The summed E-state index contributed by atoms with van der Waals surface area (Å²) in [6, 6.07) is 10.4. The average molecular weight is 204 g/mol. The van der Waals surface area contributed by atoms with Crippen LogP contribution in [0.4, 0.5) is 0 Å². The van der Waals surface area contributed by atoms with Gasteiger partial charge in [-0.25, -0.2) is 0 Å². The zero-order valence-electron chi connectivity index (χ0n) is 9.75. The Hall–Kier alpha value is -1.12. The van der Waals surface area contributed by atoms with Crippen LogP contribution in [0.1, 0.15) is 26.3 Å². The van der Waals surface area contributed by atoms with Gasteiger partial charge < -0.3 is 0 Å². The molecule has 1 aromatic carbocycles. The number of nitrogens with two attached hydrogens (primary N) is 1. The van der Waals surface area contributed by atoms with Crippen LogP contribution in [0.5, 0.6) is 0 Å². The van der Waals surface area contributed by atoms with E-state index in [2.05, 4.69) is 38.0 Å². The lowest BCUT2D eigenvalue weighted by Gasteiger charge is -2.34. The molecule has 1 rings (SSSR count). The molecular weight excluding hydrogens is 184 g/mol. The number of nitrogens with one attached hydrogen (secondary N) is 1. The summed E-state index contributed by atoms with van der Waals surface area (Å²) in [4.78, 5) is 0. The highest BCUT2D eigenvalue weighted by atomic mass is 15.2. The van der Waals surface area contributed by atoms with Gasteiger partial charge in [-0.15, -0.1) is 0 Å². The molecule has 0 bridgehead atoms. The molecule has 3 N–H and O–H groups in total. The fourth-order valence-corrected chi connectivity index (χ4v) is 2.00. The van der Waals surface area contributed by atoms with Gasteiger partial charge in [-0.05, 0) is 12.5 Å². The molecule has 0 heterocycles. The lowest BCUT2D eigenvalue weighted by Crippen LogP contribution is -2.48. The van der Waals surface area contributed by atoms with E-state index in [-0.39, 0.29) is 11.5 Å². The van der Waals surface area contributed by atoms with Crippen molar-refractivity contribution in [1.82, 2.24) is 5.43 Å². The Morgan fingerprint density at radius 1 is 1.33 bits per heavy atom. The molecule has 0 aliphatic rings. The molecule has 0 saturated carbocycles. The van der Waals surface area contributed by atoms with Crippen LogP contribution >= 0.6 is 0 Å². The van der Waals surface area contributed by atoms with E-state index in [0.29, 0.717) is 0 Å². The van der Waals surface area contributed by atoms with E-state index in [0.717, 1.165) is 5.57 Å². The normalized spacial score (nSPS) is 13.6. The van der Waals surface area contributed by atoms with Gasteiger partial charge in [0.25, 0.3) is 0 Å². The Balaban J connectivity index is 3.05. The third-order valence-electron chi connectivity index (χ3n) is 2.90. The van der Waals surface area contributed by atoms with Gasteiger partial charge in [0.2, 0.25) is 0 Å². The Morgan fingerprint density at radius 3 is 2.27 bits per heavy atom. The number of benzene rings is 1. The molecule has 15 heavy (non-hydrogen) atoms. The molecule has 2 heteroatoms. The van der Waals surface area contributed by atoms with Crippen molar-refractivity contribution in [1.29, 1.82) is 0 Å². The summed E-state index contributed by atoms with van der Waals surface area (Å²) >= 11 is 0. The third kappa shape index (κ3) is 2.46. The fourth-order valence-electron chi connectivity index (χ4n) is 2.00. The Kier molecular flexibility index (Phi) is 3.66. The second-order valence-corrected chi connectivity index (χ2v) is 4.53. The van der Waals surface area contributed by atoms with Crippen LogP contribution in [0.3, 0.4) is 0 Å². The van der Waals surface area contributed by atoms with Crippen molar-refractivity contribution in [3.05, 3.63) is 48.0 Å². The SMILES string of the molecule is C=C(C)C(NN)C(C)(C)c1ccccc1. The van der Waals surface area contributed by atoms with Crippen molar-refractivity contribution >= 4 is 0 Å². The van der Waals surface area contributed by atoms with Crippen molar-refractivity contribution in [2.75, 3.05) is 0 Å². The highest BCUT2D eigenvalue weighted by molar-refractivity contribution is 5.29. The first-order valence-electron chi connectivity index (χ1n) is 5.17. The molecule has 0 aliphatic carbocycles. The van der Waals surface area contributed by atoms with Crippen LogP contribution in [-0.4, -0.2) is 6.04 Å². The van der Waals surface area contributed by atoms with Crippen LogP contribution < -0.4 is 11.3 Å². The molecule has 0 radical (unpaired) electrons. The molecule has 0 aliphatic heterocycles. The molecule has 0 amide bonds. The summed E-state index contributed by atoms with van der Waals surface area (Å²) in [5.41, 5.74) is 5.09. The maximum Gasteiger partial charge on any atom is 0.0505 e. The number of hydrogen-bond donors (Lipinski definition) is 2. The van der Waals surface area contributed by atoms with Crippen LogP contribution in [-0.2, 0) is 5.41 Å². The largest absolute Gasteiger partial charge is 0.271 e. The first-order chi connectivity index (χ1) is 7.00. The zero-order chi connectivity index (χ0) is 11.5. The molecule has 1 aromatic rings.